The van der Waals surface area contributed by atoms with Gasteiger partial charge in [-0.05, 0) is 0 Å². The first-order valence-electron chi connectivity index (χ1n) is 6.97. The summed E-state index contributed by atoms with van der Waals surface area (Å²) in [6, 6.07) is 9.69. The molecule has 0 radical (unpaired) electrons. The summed E-state index contributed by atoms with van der Waals surface area (Å²) in [4.78, 5) is 20.6. The van der Waals surface area contributed by atoms with Gasteiger partial charge in [-0.25, -0.2) is 15.0 Å². The second-order valence-electron chi connectivity index (χ2n) is 4.84. The molecule has 0 aliphatic carbocycles. The fraction of sp³-hybridized carbons (Fsp3) is 0.267. The SMILES string of the molecule is Cl.Cl.O=C(NN1CCNCC1)c1cnc(-c2ccccc2)nc1. The third-order valence-corrected chi connectivity index (χ3v) is 3.32. The van der Waals surface area contributed by atoms with E-state index in [-0.39, 0.29) is 30.7 Å². The number of halogens is 2. The molecule has 1 saturated heterocycles. The molecule has 1 aliphatic rings. The molecule has 1 aromatic heterocycles. The summed E-state index contributed by atoms with van der Waals surface area (Å²) in [7, 11) is 0. The maximum absolute atomic E-state index is 12.1. The topological polar surface area (TPSA) is 70.2 Å². The van der Waals surface area contributed by atoms with Gasteiger partial charge in [-0.2, -0.15) is 0 Å². The zero-order valence-corrected chi connectivity index (χ0v) is 14.1. The maximum Gasteiger partial charge on any atom is 0.268 e. The van der Waals surface area contributed by atoms with E-state index in [2.05, 4.69) is 20.7 Å². The van der Waals surface area contributed by atoms with Gasteiger partial charge in [0.05, 0.1) is 5.56 Å². The molecule has 23 heavy (non-hydrogen) atoms. The molecule has 0 unspecified atom stereocenters. The van der Waals surface area contributed by atoms with E-state index in [1.165, 1.54) is 0 Å². The minimum atomic E-state index is -0.170. The molecule has 0 spiro atoms. The Morgan fingerprint density at radius 1 is 1.04 bits per heavy atom. The van der Waals surface area contributed by atoms with Gasteiger partial charge in [-0.15, -0.1) is 24.8 Å². The lowest BCUT2D eigenvalue weighted by Crippen LogP contribution is -2.52. The van der Waals surface area contributed by atoms with Crippen molar-refractivity contribution in [3.63, 3.8) is 0 Å². The predicted octanol–water partition coefficient (Wildman–Crippen LogP) is 1.54. The van der Waals surface area contributed by atoms with Gasteiger partial charge < -0.3 is 5.32 Å². The Balaban J connectivity index is 0.00000132. The largest absolute Gasteiger partial charge is 0.314 e. The van der Waals surface area contributed by atoms with Crippen molar-refractivity contribution in [3.8, 4) is 11.4 Å². The molecule has 6 nitrogen and oxygen atoms in total. The van der Waals surface area contributed by atoms with Gasteiger partial charge in [0.15, 0.2) is 5.82 Å². The number of hydrazine groups is 1. The predicted molar refractivity (Wildman–Crippen MR) is 93.9 cm³/mol. The first kappa shape index (κ1) is 19.3. The van der Waals surface area contributed by atoms with E-state index >= 15 is 0 Å². The van der Waals surface area contributed by atoms with E-state index in [1.54, 1.807) is 12.4 Å². The number of aromatic nitrogens is 2. The van der Waals surface area contributed by atoms with Crippen LogP contribution in [0, 0.1) is 0 Å². The summed E-state index contributed by atoms with van der Waals surface area (Å²) in [5.41, 5.74) is 4.27. The summed E-state index contributed by atoms with van der Waals surface area (Å²) in [5.74, 6) is 0.450. The van der Waals surface area contributed by atoms with E-state index in [0.29, 0.717) is 11.4 Å². The van der Waals surface area contributed by atoms with Crippen molar-refractivity contribution in [2.75, 3.05) is 26.2 Å². The lowest BCUT2D eigenvalue weighted by atomic mass is 10.2. The Labute approximate surface area is 147 Å². The zero-order chi connectivity index (χ0) is 14.5. The van der Waals surface area contributed by atoms with Gasteiger partial charge in [0.1, 0.15) is 0 Å². The second-order valence-corrected chi connectivity index (χ2v) is 4.84. The van der Waals surface area contributed by atoms with Crippen molar-refractivity contribution in [3.05, 3.63) is 48.3 Å². The van der Waals surface area contributed by atoms with Crippen molar-refractivity contribution in [2.24, 2.45) is 0 Å². The van der Waals surface area contributed by atoms with Crippen LogP contribution in [0.5, 0.6) is 0 Å². The Morgan fingerprint density at radius 3 is 2.26 bits per heavy atom. The van der Waals surface area contributed by atoms with Crippen LogP contribution in [0.4, 0.5) is 0 Å². The van der Waals surface area contributed by atoms with E-state index in [0.717, 1.165) is 31.7 Å². The van der Waals surface area contributed by atoms with Crippen LogP contribution < -0.4 is 10.7 Å². The van der Waals surface area contributed by atoms with Crippen LogP contribution in [0.1, 0.15) is 10.4 Å². The van der Waals surface area contributed by atoms with Gasteiger partial charge in [0, 0.05) is 44.1 Å². The van der Waals surface area contributed by atoms with E-state index in [4.69, 9.17) is 0 Å². The molecule has 1 aliphatic heterocycles. The van der Waals surface area contributed by atoms with Crippen LogP contribution in [-0.4, -0.2) is 47.1 Å². The Kier molecular flexibility index (Phi) is 7.91. The van der Waals surface area contributed by atoms with Gasteiger partial charge in [0.2, 0.25) is 0 Å². The number of carbonyl (C=O) groups is 1. The normalized spacial score (nSPS) is 14.3. The van der Waals surface area contributed by atoms with E-state index < -0.39 is 0 Å². The number of piperazine rings is 1. The highest BCUT2D eigenvalue weighted by molar-refractivity contribution is 5.93. The van der Waals surface area contributed by atoms with E-state index in [1.807, 2.05) is 35.3 Å². The highest BCUT2D eigenvalue weighted by Gasteiger charge is 2.14. The van der Waals surface area contributed by atoms with Gasteiger partial charge in [0.25, 0.3) is 5.91 Å². The third kappa shape index (κ3) is 5.14. The first-order valence-corrected chi connectivity index (χ1v) is 6.97. The molecule has 0 atom stereocenters. The van der Waals surface area contributed by atoms with Crippen LogP contribution in [0.15, 0.2) is 42.7 Å². The molecular formula is C15H19Cl2N5O. The molecule has 1 amide bonds. The molecule has 0 bridgehead atoms. The standard InChI is InChI=1S/C15H17N5O.2ClH/c21-15(19-20-8-6-16-7-9-20)13-10-17-14(18-11-13)12-4-2-1-3-5-12;;/h1-5,10-11,16H,6-9H2,(H,19,21);2*1H. The van der Waals surface area contributed by atoms with Crippen molar-refractivity contribution >= 4 is 30.7 Å². The Hall–Kier alpha value is -1.73. The van der Waals surface area contributed by atoms with Crippen molar-refractivity contribution in [1.29, 1.82) is 0 Å². The number of carbonyl (C=O) groups excluding carboxylic acids is 1. The average molecular weight is 356 g/mol. The number of nitrogens with zero attached hydrogens (tertiary/aromatic N) is 3. The highest BCUT2D eigenvalue weighted by Crippen LogP contribution is 2.13. The van der Waals surface area contributed by atoms with Crippen molar-refractivity contribution in [1.82, 2.24) is 25.7 Å². The monoisotopic (exact) mass is 355 g/mol. The van der Waals surface area contributed by atoms with Crippen LogP contribution in [-0.2, 0) is 0 Å². The van der Waals surface area contributed by atoms with Gasteiger partial charge >= 0.3 is 0 Å². The zero-order valence-electron chi connectivity index (χ0n) is 12.4. The number of nitrogens with one attached hydrogen (secondary N) is 2. The molecule has 2 heterocycles. The van der Waals surface area contributed by atoms with Crippen LogP contribution in [0.25, 0.3) is 11.4 Å². The molecular weight excluding hydrogens is 337 g/mol. The quantitative estimate of drug-likeness (QED) is 0.873. The smallest absolute Gasteiger partial charge is 0.268 e. The Morgan fingerprint density at radius 2 is 1.65 bits per heavy atom. The summed E-state index contributed by atoms with van der Waals surface area (Å²) >= 11 is 0. The molecule has 8 heteroatoms. The third-order valence-electron chi connectivity index (χ3n) is 3.32. The lowest BCUT2D eigenvalue weighted by molar-refractivity contribution is 0.0764. The van der Waals surface area contributed by atoms with Crippen LogP contribution >= 0.6 is 24.8 Å². The summed E-state index contributed by atoms with van der Waals surface area (Å²) in [5, 5.41) is 5.14. The maximum atomic E-state index is 12.1. The second kappa shape index (κ2) is 9.42. The van der Waals surface area contributed by atoms with Crippen LogP contribution in [0.2, 0.25) is 0 Å². The minimum Gasteiger partial charge on any atom is -0.314 e. The molecule has 2 aromatic rings. The number of benzene rings is 1. The summed E-state index contributed by atoms with van der Waals surface area (Å²) < 4.78 is 0. The molecule has 1 fully saturated rings. The van der Waals surface area contributed by atoms with E-state index in [9.17, 15) is 4.79 Å². The number of hydrogen-bond acceptors (Lipinski definition) is 5. The van der Waals surface area contributed by atoms with Crippen molar-refractivity contribution in [2.45, 2.75) is 0 Å². The fourth-order valence-corrected chi connectivity index (χ4v) is 2.17. The number of hydrogen-bond donors (Lipinski definition) is 2. The molecule has 2 N–H and O–H groups in total. The van der Waals surface area contributed by atoms with Gasteiger partial charge in [-0.1, -0.05) is 30.3 Å². The first-order chi connectivity index (χ1) is 10.3. The summed E-state index contributed by atoms with van der Waals surface area (Å²) in [6.45, 7) is 3.36. The highest BCUT2D eigenvalue weighted by atomic mass is 35.5. The number of rotatable bonds is 3. The average Bonchev–Trinajstić information content (AvgIpc) is 2.57. The summed E-state index contributed by atoms with van der Waals surface area (Å²) in [6.07, 6.45) is 3.12. The fourth-order valence-electron chi connectivity index (χ4n) is 2.17. The minimum absolute atomic E-state index is 0. The van der Waals surface area contributed by atoms with Gasteiger partial charge in [-0.3, -0.25) is 10.2 Å². The Bertz CT molecular complexity index is 603. The number of amides is 1. The molecule has 3 rings (SSSR count). The molecule has 0 saturated carbocycles. The molecule has 124 valence electrons. The molecule has 1 aromatic carbocycles. The van der Waals surface area contributed by atoms with Crippen molar-refractivity contribution < 1.29 is 4.79 Å². The van der Waals surface area contributed by atoms with Crippen LogP contribution in [0.3, 0.4) is 0 Å². The lowest BCUT2D eigenvalue weighted by Gasteiger charge is -2.27.